The van der Waals surface area contributed by atoms with Gasteiger partial charge in [-0.05, 0) is 67.8 Å². The number of aryl methyl sites for hydroxylation is 1. The lowest BCUT2D eigenvalue weighted by atomic mass is 9.74. The third kappa shape index (κ3) is 4.52. The molecule has 1 aliphatic heterocycles. The predicted molar refractivity (Wildman–Crippen MR) is 154 cm³/mol. The van der Waals surface area contributed by atoms with Gasteiger partial charge < -0.3 is 14.7 Å². The van der Waals surface area contributed by atoms with E-state index in [0.29, 0.717) is 18.6 Å². The second-order valence-electron chi connectivity index (χ2n) is 11.3. The molecule has 8 heteroatoms. The van der Waals surface area contributed by atoms with Gasteiger partial charge in [-0.2, -0.15) is 18.3 Å². The van der Waals surface area contributed by atoms with Crippen LogP contribution in [-0.2, 0) is 16.3 Å². The van der Waals surface area contributed by atoms with E-state index in [0.717, 1.165) is 57.1 Å². The Morgan fingerprint density at radius 3 is 2.66 bits per heavy atom. The first-order valence-electron chi connectivity index (χ1n) is 13.7. The third-order valence-electron chi connectivity index (χ3n) is 8.35. The van der Waals surface area contributed by atoms with Crippen LogP contribution in [0, 0.1) is 6.92 Å². The number of aromatic nitrogens is 4. The predicted octanol–water partition coefficient (Wildman–Crippen LogP) is 8.64. The molecular weight excluding hydrogens is 525 g/mol. The Morgan fingerprint density at radius 2 is 1.80 bits per heavy atom. The van der Waals surface area contributed by atoms with Crippen molar-refractivity contribution < 1.29 is 17.9 Å². The van der Waals surface area contributed by atoms with Gasteiger partial charge in [-0.3, -0.25) is 0 Å². The molecule has 1 aliphatic rings. The highest BCUT2D eigenvalue weighted by atomic mass is 19.4. The summed E-state index contributed by atoms with van der Waals surface area (Å²) in [5.41, 5.74) is 5.22. The first kappa shape index (κ1) is 25.7. The van der Waals surface area contributed by atoms with Crippen LogP contribution >= 0.6 is 0 Å². The van der Waals surface area contributed by atoms with Crippen molar-refractivity contribution in [3.63, 3.8) is 0 Å². The number of halogens is 3. The zero-order valence-corrected chi connectivity index (χ0v) is 22.7. The normalized spacial score (nSPS) is 19.8. The second-order valence-corrected chi connectivity index (χ2v) is 11.3. The van der Waals surface area contributed by atoms with Crippen LogP contribution in [0.15, 0.2) is 85.1 Å². The van der Waals surface area contributed by atoms with Crippen molar-refractivity contribution in [2.45, 2.75) is 44.4 Å². The Balaban J connectivity index is 1.26. The van der Waals surface area contributed by atoms with E-state index in [-0.39, 0.29) is 11.5 Å². The minimum absolute atomic E-state index is 0.262. The Kier molecular flexibility index (Phi) is 5.87. The fourth-order valence-corrected chi connectivity index (χ4v) is 6.16. The monoisotopic (exact) mass is 554 g/mol. The highest BCUT2D eigenvalue weighted by Crippen LogP contribution is 2.47. The summed E-state index contributed by atoms with van der Waals surface area (Å²) < 4.78 is 49.1. The molecule has 2 unspecified atom stereocenters. The molecule has 6 aromatic rings. The summed E-state index contributed by atoms with van der Waals surface area (Å²) >= 11 is 0. The number of nitrogens with one attached hydrogen (secondary N) is 2. The van der Waals surface area contributed by atoms with Crippen molar-refractivity contribution >= 4 is 21.8 Å². The van der Waals surface area contributed by atoms with Crippen molar-refractivity contribution in [3.8, 4) is 16.9 Å². The minimum atomic E-state index is -4.42. The number of ether oxygens (including phenoxy) is 1. The molecule has 0 aliphatic carbocycles. The molecule has 0 bridgehead atoms. The number of hydrogen-bond donors (Lipinski definition) is 2. The van der Waals surface area contributed by atoms with Crippen molar-refractivity contribution in [1.29, 1.82) is 0 Å². The summed E-state index contributed by atoms with van der Waals surface area (Å²) in [6.45, 7) is 4.75. The van der Waals surface area contributed by atoms with E-state index in [1.165, 1.54) is 17.7 Å². The van der Waals surface area contributed by atoms with Gasteiger partial charge in [0.05, 0.1) is 11.3 Å². The molecule has 0 radical (unpaired) electrons. The number of alkyl halides is 3. The number of benzene rings is 3. The number of nitrogens with zero attached hydrogens (tertiary/aromatic N) is 2. The molecule has 0 spiro atoms. The zero-order valence-electron chi connectivity index (χ0n) is 22.7. The zero-order chi connectivity index (χ0) is 28.4. The summed E-state index contributed by atoms with van der Waals surface area (Å²) in [5, 5.41) is 6.90. The SMILES string of the molecule is Cc1ccc2[nH]c(-n3ccc(C4CC(C)(c5[nH]c6ccccc6c5-c5cccc(C(F)(F)F)c5)CCO4)n3)cc2c1. The molecule has 2 N–H and O–H groups in total. The van der Waals surface area contributed by atoms with Crippen LogP contribution in [-0.4, -0.2) is 26.4 Å². The highest BCUT2D eigenvalue weighted by Gasteiger charge is 2.40. The molecule has 0 amide bonds. The fraction of sp³-hybridized carbons (Fsp3) is 0.242. The first-order valence-corrected chi connectivity index (χ1v) is 13.7. The van der Waals surface area contributed by atoms with Crippen LogP contribution < -0.4 is 0 Å². The molecule has 1 saturated heterocycles. The number of fused-ring (bicyclic) bond motifs is 2. The Labute approximate surface area is 235 Å². The summed E-state index contributed by atoms with van der Waals surface area (Å²) in [4.78, 5) is 7.01. The molecule has 3 aromatic heterocycles. The summed E-state index contributed by atoms with van der Waals surface area (Å²) in [6, 6.07) is 23.7. The summed E-state index contributed by atoms with van der Waals surface area (Å²) in [7, 11) is 0. The highest BCUT2D eigenvalue weighted by molar-refractivity contribution is 5.98. The quantitative estimate of drug-likeness (QED) is 0.229. The average Bonchev–Trinajstić information content (AvgIpc) is 3.69. The van der Waals surface area contributed by atoms with Crippen LogP contribution in [0.3, 0.4) is 0 Å². The van der Waals surface area contributed by atoms with Crippen LogP contribution in [0.25, 0.3) is 38.8 Å². The maximum atomic E-state index is 13.7. The van der Waals surface area contributed by atoms with Gasteiger partial charge in [0.25, 0.3) is 0 Å². The van der Waals surface area contributed by atoms with Crippen molar-refractivity contribution in [2.24, 2.45) is 0 Å². The summed E-state index contributed by atoms with van der Waals surface area (Å²) in [6.07, 6.45) is -1.39. The second kappa shape index (κ2) is 9.38. The van der Waals surface area contributed by atoms with Gasteiger partial charge in [-0.15, -0.1) is 0 Å². The number of H-pyrrole nitrogens is 2. The smallest absolute Gasteiger partial charge is 0.372 e. The van der Waals surface area contributed by atoms with Gasteiger partial charge in [0, 0.05) is 51.3 Å². The van der Waals surface area contributed by atoms with E-state index in [9.17, 15) is 13.2 Å². The Bertz CT molecular complexity index is 1900. The number of para-hydroxylation sites is 1. The molecule has 208 valence electrons. The Morgan fingerprint density at radius 1 is 0.951 bits per heavy atom. The molecule has 2 atom stereocenters. The fourth-order valence-electron chi connectivity index (χ4n) is 6.16. The van der Waals surface area contributed by atoms with Gasteiger partial charge >= 0.3 is 6.18 Å². The molecule has 7 rings (SSSR count). The average molecular weight is 555 g/mol. The summed E-state index contributed by atoms with van der Waals surface area (Å²) in [5.74, 6) is 0.873. The van der Waals surface area contributed by atoms with Gasteiger partial charge in [0.15, 0.2) is 0 Å². The third-order valence-corrected chi connectivity index (χ3v) is 8.35. The van der Waals surface area contributed by atoms with E-state index in [1.54, 1.807) is 6.07 Å². The van der Waals surface area contributed by atoms with Crippen molar-refractivity contribution in [2.75, 3.05) is 6.61 Å². The largest absolute Gasteiger partial charge is 0.416 e. The molecule has 41 heavy (non-hydrogen) atoms. The molecular formula is C33H29F3N4O. The van der Waals surface area contributed by atoms with E-state index >= 15 is 0 Å². The molecule has 3 aromatic carbocycles. The maximum Gasteiger partial charge on any atom is 0.416 e. The molecule has 1 fully saturated rings. The maximum absolute atomic E-state index is 13.7. The topological polar surface area (TPSA) is 58.6 Å². The number of rotatable bonds is 4. The lowest BCUT2D eigenvalue weighted by molar-refractivity contribution is -0.137. The lowest BCUT2D eigenvalue weighted by Crippen LogP contribution is -2.33. The lowest BCUT2D eigenvalue weighted by Gasteiger charge is -2.38. The minimum Gasteiger partial charge on any atom is -0.372 e. The first-order chi connectivity index (χ1) is 19.7. The van der Waals surface area contributed by atoms with Crippen LogP contribution in [0.1, 0.15) is 48.4 Å². The van der Waals surface area contributed by atoms with Gasteiger partial charge in [-0.1, -0.05) is 48.9 Å². The number of aromatic amines is 2. The van der Waals surface area contributed by atoms with Crippen LogP contribution in [0.2, 0.25) is 0 Å². The van der Waals surface area contributed by atoms with Crippen LogP contribution in [0.5, 0.6) is 0 Å². The van der Waals surface area contributed by atoms with Crippen molar-refractivity contribution in [3.05, 3.63) is 108 Å². The van der Waals surface area contributed by atoms with Crippen molar-refractivity contribution in [1.82, 2.24) is 19.7 Å². The van der Waals surface area contributed by atoms with Crippen LogP contribution in [0.4, 0.5) is 13.2 Å². The number of hydrogen-bond acceptors (Lipinski definition) is 2. The van der Waals surface area contributed by atoms with E-state index in [1.807, 2.05) is 41.2 Å². The standard InChI is InChI=1S/C33H29F3N4O/c1-20-10-11-25-22(16-20)18-29(37-25)40-14-12-27(39-40)28-19-32(2,13-15-41-28)31-30(24-8-3-4-9-26(24)38-31)21-6-5-7-23(17-21)33(34,35)36/h3-12,14,16-18,28,37-38H,13,15,19H2,1-2H3. The molecule has 4 heterocycles. The van der Waals surface area contributed by atoms with Gasteiger partial charge in [0.1, 0.15) is 11.9 Å². The molecule has 0 saturated carbocycles. The van der Waals surface area contributed by atoms with E-state index < -0.39 is 11.7 Å². The van der Waals surface area contributed by atoms with Gasteiger partial charge in [0.2, 0.25) is 0 Å². The van der Waals surface area contributed by atoms with E-state index in [2.05, 4.69) is 48.1 Å². The Hall–Kier alpha value is -4.30. The molecule has 5 nitrogen and oxygen atoms in total. The van der Waals surface area contributed by atoms with Gasteiger partial charge in [-0.25, -0.2) is 4.68 Å². The van der Waals surface area contributed by atoms with E-state index in [4.69, 9.17) is 9.84 Å².